The van der Waals surface area contributed by atoms with Crippen LogP contribution in [0.2, 0.25) is 13.6 Å². The monoisotopic (exact) mass is 1250 g/mol. The van der Waals surface area contributed by atoms with Crippen molar-refractivity contribution < 1.29 is 146 Å². The molecule has 0 bridgehead atoms. The molecule has 0 aliphatic carbocycles. The summed E-state index contributed by atoms with van der Waals surface area (Å²) in [5.41, 5.74) is -0.750. The fourth-order valence-corrected chi connectivity index (χ4v) is 0. The van der Waals surface area contributed by atoms with Gasteiger partial charge in [-0.25, -0.2) is 0 Å². The van der Waals surface area contributed by atoms with Gasteiger partial charge in [0.25, 0.3) is 0 Å². The molecular formula is C53H147B3Br2KMgNaO12+. The molecule has 73 heavy (non-hydrogen) atoms. The first-order chi connectivity index (χ1) is 31.1. The van der Waals surface area contributed by atoms with E-state index in [1.165, 1.54) is 46.8 Å². The summed E-state index contributed by atoms with van der Waals surface area (Å²) in [6, 6.07) is 0. The van der Waals surface area contributed by atoms with Crippen molar-refractivity contribution in [2.24, 2.45) is 0 Å². The molecule has 0 unspecified atom stereocenters. The van der Waals surface area contributed by atoms with Crippen LogP contribution in [0.5, 0.6) is 0 Å². The Morgan fingerprint density at radius 1 is 0.521 bits per heavy atom. The maximum absolute atomic E-state index is 10.1. The molecule has 457 valence electrons. The van der Waals surface area contributed by atoms with E-state index in [-0.39, 0.29) is 151 Å². The summed E-state index contributed by atoms with van der Waals surface area (Å²) in [6.45, 7) is 68.7. The van der Waals surface area contributed by atoms with Crippen LogP contribution in [0.3, 0.4) is 0 Å². The zero-order valence-electron chi connectivity index (χ0n) is 60.6. The largest absolute Gasteiger partial charge is 2.00 e. The van der Waals surface area contributed by atoms with E-state index in [1.807, 2.05) is 203 Å². The van der Waals surface area contributed by atoms with Gasteiger partial charge in [0.15, 0.2) is 0 Å². The van der Waals surface area contributed by atoms with Crippen molar-refractivity contribution in [3.63, 3.8) is 0 Å². The van der Waals surface area contributed by atoms with Gasteiger partial charge in [0.2, 0.25) is 0 Å². The predicted molar refractivity (Wildman–Crippen MR) is 355 cm³/mol. The minimum atomic E-state index is -1.17. The molecule has 0 aromatic carbocycles. The molecular weight excluding hydrogens is 1110 g/mol. The Hall–Kier alpha value is 2.43. The quantitative estimate of drug-likeness (QED) is 0.0503. The number of rotatable bonds is 2. The third-order valence-corrected chi connectivity index (χ3v) is 1.67. The number of unbranched alkanes of at least 4 members (excludes halogenated alkanes) is 1. The Balaban J connectivity index is -0.00000000890. The molecule has 12 nitrogen and oxygen atoms in total. The third kappa shape index (κ3) is 7080. The standard InChI is InChI=1S/C4H9O.C4H10.3C4H8.C3H6O.C3H8.C2H5Br.C2H6O.2C2H4O.8C2H6.2CH5BO2.CH4O.B.BrH.K.Mg.Na.2H2O.3H/c1-4(2,3)5;4*1-3-4-2;1-2-3-4;1-3-2;4*1-2-3;8*1-2;2*1-2(3)4;1-2;;;;;;;;;;/h1-3H3;3-4H2,1-2H3;3*3-4H,1-2H3;3H,2H2,1H3;3H2,1-2H3;2H2,1H3;3H,2H2,1H3;2*2H,1H3;8*1-2H3;2*3-4H,1H3;2H,1H3;;1H;;;;2*1H2;;;/q-1;;;;;;;;;;;;;;;;;;;;;;;;+1;+2;+1;;;3*-1/p+1. The average molecular weight is 1260 g/mol. The number of carbonyl (C=O) groups is 3. The fourth-order valence-electron chi connectivity index (χ4n) is 0. The number of aldehydes is 3. The molecule has 0 heterocycles. The number of hydrogen-bond acceptors (Lipinski definition) is 10. The van der Waals surface area contributed by atoms with Crippen LogP contribution < -0.4 is 86.0 Å². The summed E-state index contributed by atoms with van der Waals surface area (Å²) >= 11 is 3.15. The average Bonchev–Trinajstić information content (AvgIpc) is 3.33. The van der Waals surface area contributed by atoms with Gasteiger partial charge in [0, 0.05) is 33.9 Å². The maximum atomic E-state index is 10.1. The topological polar surface area (TPSA) is 260 Å². The van der Waals surface area contributed by atoms with Crippen molar-refractivity contribution in [3.05, 3.63) is 36.5 Å². The van der Waals surface area contributed by atoms with Crippen LogP contribution >= 0.6 is 32.9 Å². The third-order valence-electron chi connectivity index (χ3n) is 1.67. The number of carbonyl (C=O) groups excluding carboxylic acids is 3. The van der Waals surface area contributed by atoms with Gasteiger partial charge in [-0.05, 0) is 76.0 Å². The molecule has 11 N–H and O–H groups in total. The fraction of sp³-hybridized carbons (Fsp3) is 0.830. The van der Waals surface area contributed by atoms with Crippen LogP contribution in [0.4, 0.5) is 0 Å². The minimum Gasteiger partial charge on any atom is -1.00 e. The van der Waals surface area contributed by atoms with Crippen molar-refractivity contribution in [2.45, 2.75) is 280 Å². The zero-order chi connectivity index (χ0) is 60.3. The van der Waals surface area contributed by atoms with Gasteiger partial charge in [-0.3, -0.25) is 0 Å². The molecule has 0 amide bonds. The van der Waals surface area contributed by atoms with E-state index in [2.05, 4.69) is 43.6 Å². The van der Waals surface area contributed by atoms with E-state index in [1.54, 1.807) is 27.7 Å². The second kappa shape index (κ2) is 463. The Kier molecular flexibility index (Phi) is 1230. The Morgan fingerprint density at radius 3 is 0.562 bits per heavy atom. The summed E-state index contributed by atoms with van der Waals surface area (Å²) in [7, 11) is -1.33. The van der Waals surface area contributed by atoms with Crippen molar-refractivity contribution in [1.82, 2.24) is 0 Å². The predicted octanol–water partition coefficient (Wildman–Crippen LogP) is 8.93. The van der Waals surface area contributed by atoms with Crippen LogP contribution in [-0.4, -0.2) is 125 Å². The normalized spacial score (nSPS) is 5.71. The summed E-state index contributed by atoms with van der Waals surface area (Å²) < 4.78 is 0. The van der Waals surface area contributed by atoms with Crippen molar-refractivity contribution in [2.75, 3.05) is 19.0 Å². The van der Waals surface area contributed by atoms with E-state index in [9.17, 15) is 9.90 Å². The van der Waals surface area contributed by atoms with Crippen LogP contribution in [0.25, 0.3) is 0 Å². The summed E-state index contributed by atoms with van der Waals surface area (Å²) in [4.78, 5) is 26.8. The van der Waals surface area contributed by atoms with Crippen molar-refractivity contribution >= 4 is 97.5 Å². The van der Waals surface area contributed by atoms with Gasteiger partial charge in [0.1, 0.15) is 18.9 Å². The number of halogens is 2. The molecule has 0 aromatic rings. The van der Waals surface area contributed by atoms with E-state index in [0.717, 1.165) is 31.3 Å². The Labute approximate surface area is 572 Å². The first kappa shape index (κ1) is 194. The van der Waals surface area contributed by atoms with Gasteiger partial charge >= 0.3 is 118 Å². The molecule has 0 aliphatic heterocycles. The first-order valence-electron chi connectivity index (χ1n) is 25.1. The SMILES string of the molecule is Br.CB(O)O.CB(O)O.CC.CC.CC.CC.CC.CC.CC.CC.CC(C)(C)[O-].CC=CC.CC=CC.CC=CC.CC=O.CC=O.CCBr.CCC.CCC=O.CCCC.CCO.CO.O.[B].[H-].[H-].[H-].[K+].[Mg+2].[Na+].[OH3+]. The Morgan fingerprint density at radius 2 is 0.562 bits per heavy atom. The summed E-state index contributed by atoms with van der Waals surface area (Å²) in [5, 5.41) is 56.2. The number of alkyl halides is 1. The van der Waals surface area contributed by atoms with Gasteiger partial charge in [-0.15, -0.1) is 22.6 Å². The maximum Gasteiger partial charge on any atom is 2.00 e. The van der Waals surface area contributed by atoms with E-state index < -0.39 is 19.8 Å². The second-order valence-electron chi connectivity index (χ2n) is 8.71. The van der Waals surface area contributed by atoms with E-state index in [0.29, 0.717) is 6.42 Å². The zero-order valence-corrected chi connectivity index (χ0v) is 67.4. The molecule has 0 spiro atoms. The van der Waals surface area contributed by atoms with Crippen LogP contribution in [0, 0.1) is 0 Å². The molecule has 0 aliphatic rings. The molecule has 0 rings (SSSR count). The Bertz CT molecular complexity index is 472. The van der Waals surface area contributed by atoms with Gasteiger partial charge in [-0.1, -0.05) is 245 Å². The second-order valence-corrected chi connectivity index (χ2v) is 9.83. The molecule has 0 fully saturated rings. The molecule has 3 radical (unpaired) electrons. The molecule has 0 saturated carbocycles. The van der Waals surface area contributed by atoms with Crippen molar-refractivity contribution in [3.8, 4) is 0 Å². The van der Waals surface area contributed by atoms with Gasteiger partial charge in [0.05, 0.1) is 0 Å². The number of aliphatic hydroxyl groups is 2. The van der Waals surface area contributed by atoms with Crippen LogP contribution in [0.15, 0.2) is 36.5 Å². The molecule has 0 saturated heterocycles. The molecule has 0 atom stereocenters. The summed E-state index contributed by atoms with van der Waals surface area (Å²) in [6.07, 6.45) is 18.9. The van der Waals surface area contributed by atoms with Crippen molar-refractivity contribution in [1.29, 1.82) is 0 Å². The number of hydrogen-bond donors (Lipinski definition) is 6. The molecule has 20 heteroatoms. The van der Waals surface area contributed by atoms with Crippen LogP contribution in [0.1, 0.15) is 265 Å². The summed E-state index contributed by atoms with van der Waals surface area (Å²) in [5.74, 6) is 0. The molecule has 0 aromatic heterocycles. The minimum absolute atomic E-state index is 0. The smallest absolute Gasteiger partial charge is 1.00 e. The number of allylic oxidation sites excluding steroid dienone is 6. The number of aliphatic hydroxyl groups excluding tert-OH is 2. The van der Waals surface area contributed by atoms with Gasteiger partial charge in [-0.2, -0.15) is 0 Å². The first-order valence-corrected chi connectivity index (χ1v) is 26.2. The van der Waals surface area contributed by atoms with Crippen LogP contribution in [-0.2, 0) is 19.9 Å². The van der Waals surface area contributed by atoms with E-state index in [4.69, 9.17) is 39.9 Å². The van der Waals surface area contributed by atoms with E-state index >= 15 is 0 Å². The van der Waals surface area contributed by atoms with Gasteiger partial charge < -0.3 is 65.0 Å².